The van der Waals surface area contributed by atoms with Crippen LogP contribution < -0.4 is 4.74 Å². The highest BCUT2D eigenvalue weighted by molar-refractivity contribution is 5.81. The van der Waals surface area contributed by atoms with E-state index in [1.54, 1.807) is 33.0 Å². The standard InChI is InChI=1S/C16H22N2O5/c1-10-5-6-11(8-17-10)22-12-7-13(14(19)20)18(9-12)15(21)23-16(2,3)4/h5-6,8,12-13H,7,9H2,1-4H3,(H,19,20)/t12-,13-/m0/s1. The van der Waals surface area contributed by atoms with Crippen LogP contribution in [0.25, 0.3) is 0 Å². The second-order valence-electron chi connectivity index (χ2n) is 6.60. The van der Waals surface area contributed by atoms with E-state index in [-0.39, 0.29) is 13.0 Å². The van der Waals surface area contributed by atoms with E-state index in [0.29, 0.717) is 5.75 Å². The van der Waals surface area contributed by atoms with Crippen LogP contribution in [0, 0.1) is 6.92 Å². The van der Waals surface area contributed by atoms with Crippen LogP contribution in [-0.2, 0) is 9.53 Å². The summed E-state index contributed by atoms with van der Waals surface area (Å²) in [6.45, 7) is 7.25. The Bertz CT molecular complexity index is 579. The molecule has 1 saturated heterocycles. The highest BCUT2D eigenvalue weighted by atomic mass is 16.6. The van der Waals surface area contributed by atoms with Crippen LogP contribution >= 0.6 is 0 Å². The average molecular weight is 322 g/mol. The van der Waals surface area contributed by atoms with Gasteiger partial charge >= 0.3 is 12.1 Å². The molecule has 1 fully saturated rings. The number of aromatic nitrogens is 1. The number of nitrogens with zero attached hydrogens (tertiary/aromatic N) is 2. The van der Waals surface area contributed by atoms with Crippen LogP contribution in [0.1, 0.15) is 32.9 Å². The molecule has 2 rings (SSSR count). The van der Waals surface area contributed by atoms with Gasteiger partial charge in [-0.2, -0.15) is 0 Å². The second kappa shape index (κ2) is 6.44. The Morgan fingerprint density at radius 2 is 2.04 bits per heavy atom. The molecular formula is C16H22N2O5. The number of carbonyl (C=O) groups excluding carboxylic acids is 1. The number of hydrogen-bond acceptors (Lipinski definition) is 5. The number of ether oxygens (including phenoxy) is 2. The molecule has 1 aliphatic heterocycles. The van der Waals surface area contributed by atoms with Gasteiger partial charge in [-0.05, 0) is 39.8 Å². The molecule has 1 N–H and O–H groups in total. The molecule has 0 spiro atoms. The molecule has 23 heavy (non-hydrogen) atoms. The summed E-state index contributed by atoms with van der Waals surface area (Å²) in [6.07, 6.45) is 0.745. The number of carboxylic acids is 1. The van der Waals surface area contributed by atoms with Crippen molar-refractivity contribution in [2.24, 2.45) is 0 Å². The number of aliphatic carboxylic acids is 1. The molecule has 7 nitrogen and oxygen atoms in total. The lowest BCUT2D eigenvalue weighted by Crippen LogP contribution is -2.43. The molecular weight excluding hydrogens is 300 g/mol. The topological polar surface area (TPSA) is 89.0 Å². The van der Waals surface area contributed by atoms with Crippen LogP contribution in [-0.4, -0.2) is 51.3 Å². The van der Waals surface area contributed by atoms with Crippen molar-refractivity contribution in [2.45, 2.75) is 51.9 Å². The quantitative estimate of drug-likeness (QED) is 0.918. The molecule has 7 heteroatoms. The molecule has 1 aliphatic rings. The first-order valence-electron chi connectivity index (χ1n) is 7.47. The third-order valence-corrected chi connectivity index (χ3v) is 3.36. The summed E-state index contributed by atoms with van der Waals surface area (Å²) in [5.41, 5.74) is 0.183. The maximum Gasteiger partial charge on any atom is 0.411 e. The maximum absolute atomic E-state index is 12.2. The van der Waals surface area contributed by atoms with Crippen molar-refractivity contribution in [1.29, 1.82) is 0 Å². The van der Waals surface area contributed by atoms with E-state index in [4.69, 9.17) is 9.47 Å². The predicted molar refractivity (Wildman–Crippen MR) is 82.4 cm³/mol. The molecule has 1 amide bonds. The minimum absolute atomic E-state index is 0.166. The zero-order valence-corrected chi connectivity index (χ0v) is 13.8. The van der Waals surface area contributed by atoms with Crippen LogP contribution in [0.2, 0.25) is 0 Å². The molecule has 0 radical (unpaired) electrons. The van der Waals surface area contributed by atoms with Crippen LogP contribution in [0.3, 0.4) is 0 Å². The first-order chi connectivity index (χ1) is 10.7. The highest BCUT2D eigenvalue weighted by Crippen LogP contribution is 2.25. The molecule has 1 aromatic rings. The summed E-state index contributed by atoms with van der Waals surface area (Å²) in [6, 6.07) is 2.63. The van der Waals surface area contributed by atoms with Crippen molar-refractivity contribution in [2.75, 3.05) is 6.54 Å². The van der Waals surface area contributed by atoms with Crippen molar-refractivity contribution in [1.82, 2.24) is 9.88 Å². The Labute approximate surface area is 135 Å². The summed E-state index contributed by atoms with van der Waals surface area (Å²) < 4.78 is 11.0. The van der Waals surface area contributed by atoms with E-state index in [9.17, 15) is 14.7 Å². The minimum Gasteiger partial charge on any atom is -0.487 e. The van der Waals surface area contributed by atoms with E-state index in [2.05, 4.69) is 4.98 Å². The third-order valence-electron chi connectivity index (χ3n) is 3.36. The number of pyridine rings is 1. The number of aryl methyl sites for hydroxylation is 1. The lowest BCUT2D eigenvalue weighted by atomic mass is 10.2. The van der Waals surface area contributed by atoms with Crippen molar-refractivity contribution in [3.8, 4) is 5.75 Å². The Balaban J connectivity index is 2.06. The molecule has 126 valence electrons. The zero-order valence-electron chi connectivity index (χ0n) is 13.8. The molecule has 0 aromatic carbocycles. The van der Waals surface area contributed by atoms with Gasteiger partial charge in [0.2, 0.25) is 0 Å². The van der Waals surface area contributed by atoms with Gasteiger partial charge in [0.05, 0.1) is 12.7 Å². The monoisotopic (exact) mass is 322 g/mol. The minimum atomic E-state index is -1.07. The summed E-state index contributed by atoms with van der Waals surface area (Å²) in [5.74, 6) is -0.514. The SMILES string of the molecule is Cc1ccc(O[C@H]2C[C@@H](C(=O)O)N(C(=O)OC(C)(C)C)C2)cn1. The van der Waals surface area contributed by atoms with Gasteiger partial charge in [-0.25, -0.2) is 9.59 Å². The lowest BCUT2D eigenvalue weighted by molar-refractivity contribution is -0.142. The molecule has 0 saturated carbocycles. The summed E-state index contributed by atoms with van der Waals surface area (Å²) in [7, 11) is 0. The van der Waals surface area contributed by atoms with Crippen molar-refractivity contribution >= 4 is 12.1 Å². The summed E-state index contributed by atoms with van der Waals surface area (Å²) >= 11 is 0. The third kappa shape index (κ3) is 4.58. The van der Waals surface area contributed by atoms with Crippen molar-refractivity contribution in [3.63, 3.8) is 0 Å². The van der Waals surface area contributed by atoms with E-state index >= 15 is 0 Å². The Hall–Kier alpha value is -2.31. The molecule has 2 heterocycles. The molecule has 0 unspecified atom stereocenters. The van der Waals surface area contributed by atoms with E-state index in [0.717, 1.165) is 5.69 Å². The van der Waals surface area contributed by atoms with Crippen molar-refractivity contribution in [3.05, 3.63) is 24.0 Å². The molecule has 2 atom stereocenters. The molecule has 0 aliphatic carbocycles. The van der Waals surface area contributed by atoms with Gasteiger partial charge in [0.25, 0.3) is 0 Å². The van der Waals surface area contributed by atoms with Gasteiger partial charge in [-0.15, -0.1) is 0 Å². The molecule has 1 aromatic heterocycles. The Morgan fingerprint density at radius 1 is 1.35 bits per heavy atom. The smallest absolute Gasteiger partial charge is 0.411 e. The number of hydrogen-bond donors (Lipinski definition) is 1. The second-order valence-corrected chi connectivity index (χ2v) is 6.60. The number of carboxylic acid groups (broad SMARTS) is 1. The van der Waals surface area contributed by atoms with Gasteiger partial charge in [0.1, 0.15) is 23.5 Å². The van der Waals surface area contributed by atoms with Crippen molar-refractivity contribution < 1.29 is 24.2 Å². The van der Waals surface area contributed by atoms with Gasteiger partial charge < -0.3 is 14.6 Å². The van der Waals surface area contributed by atoms with E-state index in [1.165, 1.54) is 4.90 Å². The largest absolute Gasteiger partial charge is 0.487 e. The predicted octanol–water partition coefficient (Wildman–Crippen LogP) is 2.23. The number of carbonyl (C=O) groups is 2. The lowest BCUT2D eigenvalue weighted by Gasteiger charge is -2.26. The van der Waals surface area contributed by atoms with Crippen LogP contribution in [0.15, 0.2) is 18.3 Å². The van der Waals surface area contributed by atoms with Gasteiger partial charge in [-0.1, -0.05) is 0 Å². The Kier molecular flexibility index (Phi) is 4.77. The van der Waals surface area contributed by atoms with Gasteiger partial charge in [0.15, 0.2) is 0 Å². The number of rotatable bonds is 3. The number of amides is 1. The van der Waals surface area contributed by atoms with Gasteiger partial charge in [-0.3, -0.25) is 9.88 Å². The fourth-order valence-electron chi connectivity index (χ4n) is 2.36. The van der Waals surface area contributed by atoms with E-state index in [1.807, 2.05) is 13.0 Å². The normalized spacial score (nSPS) is 21.1. The first-order valence-corrected chi connectivity index (χ1v) is 7.47. The fourth-order valence-corrected chi connectivity index (χ4v) is 2.36. The zero-order chi connectivity index (χ0) is 17.2. The Morgan fingerprint density at radius 3 is 2.57 bits per heavy atom. The fraction of sp³-hybridized carbons (Fsp3) is 0.562. The highest BCUT2D eigenvalue weighted by Gasteiger charge is 2.42. The number of likely N-dealkylation sites (tertiary alicyclic amines) is 1. The van der Waals surface area contributed by atoms with Crippen LogP contribution in [0.5, 0.6) is 5.75 Å². The summed E-state index contributed by atoms with van der Waals surface area (Å²) in [4.78, 5) is 28.9. The first kappa shape index (κ1) is 17.1. The van der Waals surface area contributed by atoms with Crippen LogP contribution in [0.4, 0.5) is 4.79 Å². The van der Waals surface area contributed by atoms with Gasteiger partial charge in [0, 0.05) is 12.1 Å². The molecule has 0 bridgehead atoms. The average Bonchev–Trinajstić information content (AvgIpc) is 2.84. The maximum atomic E-state index is 12.2. The van der Waals surface area contributed by atoms with E-state index < -0.39 is 29.8 Å². The summed E-state index contributed by atoms with van der Waals surface area (Å²) in [5, 5.41) is 9.33.